The van der Waals surface area contributed by atoms with Crippen LogP contribution in [-0.2, 0) is 6.54 Å². The van der Waals surface area contributed by atoms with E-state index in [1.165, 1.54) is 30.7 Å². The maximum Gasteiger partial charge on any atom is 0.254 e. The van der Waals surface area contributed by atoms with Gasteiger partial charge >= 0.3 is 0 Å². The number of nitrogens with one attached hydrogen (secondary N) is 1. The van der Waals surface area contributed by atoms with E-state index in [1.54, 1.807) is 12.1 Å². The molecule has 4 heteroatoms. The Morgan fingerprint density at radius 2 is 1.73 bits per heavy atom. The number of anilines is 1. The molecule has 3 rings (SSSR count). The zero-order chi connectivity index (χ0) is 15.4. The summed E-state index contributed by atoms with van der Waals surface area (Å²) in [5.41, 5.74) is 2.31. The van der Waals surface area contributed by atoms with E-state index < -0.39 is 5.82 Å². The van der Waals surface area contributed by atoms with Crippen LogP contribution in [0, 0.1) is 5.82 Å². The molecule has 0 spiro atoms. The van der Waals surface area contributed by atoms with Crippen LogP contribution in [0.4, 0.5) is 10.1 Å². The smallest absolute Gasteiger partial charge is 0.254 e. The van der Waals surface area contributed by atoms with E-state index in [2.05, 4.69) is 22.3 Å². The fourth-order valence-electron chi connectivity index (χ4n) is 2.72. The highest BCUT2D eigenvalue weighted by Gasteiger charge is 2.12. The lowest BCUT2D eigenvalue weighted by molar-refractivity contribution is 0.0947. The third kappa shape index (κ3) is 3.27. The van der Waals surface area contributed by atoms with E-state index in [0.717, 1.165) is 18.7 Å². The van der Waals surface area contributed by atoms with Crippen molar-refractivity contribution < 1.29 is 9.18 Å². The molecular weight excluding hydrogens is 279 g/mol. The third-order valence-corrected chi connectivity index (χ3v) is 3.98. The van der Waals surface area contributed by atoms with E-state index >= 15 is 0 Å². The molecule has 1 aliphatic rings. The average molecular weight is 298 g/mol. The van der Waals surface area contributed by atoms with Crippen LogP contribution >= 0.6 is 0 Å². The molecule has 0 aromatic heterocycles. The van der Waals surface area contributed by atoms with Crippen LogP contribution in [0.2, 0.25) is 0 Å². The van der Waals surface area contributed by atoms with Crippen molar-refractivity contribution in [2.45, 2.75) is 19.4 Å². The van der Waals surface area contributed by atoms with E-state index in [9.17, 15) is 9.18 Å². The van der Waals surface area contributed by atoms with Gasteiger partial charge in [0.15, 0.2) is 0 Å². The van der Waals surface area contributed by atoms with E-state index in [-0.39, 0.29) is 11.5 Å². The van der Waals surface area contributed by atoms with E-state index in [4.69, 9.17) is 0 Å². The Bertz CT molecular complexity index is 648. The summed E-state index contributed by atoms with van der Waals surface area (Å²) >= 11 is 0. The summed E-state index contributed by atoms with van der Waals surface area (Å²) in [5.74, 6) is -0.883. The van der Waals surface area contributed by atoms with Crippen molar-refractivity contribution >= 4 is 11.6 Å². The molecule has 3 nitrogen and oxygen atoms in total. The highest BCUT2D eigenvalue weighted by Crippen LogP contribution is 2.20. The molecule has 114 valence electrons. The fraction of sp³-hybridized carbons (Fsp3) is 0.278. The molecular formula is C18H19FN2O. The van der Waals surface area contributed by atoms with Crippen molar-refractivity contribution in [1.29, 1.82) is 0 Å². The molecule has 0 unspecified atom stereocenters. The number of rotatable bonds is 4. The molecule has 22 heavy (non-hydrogen) atoms. The van der Waals surface area contributed by atoms with Gasteiger partial charge in [-0.2, -0.15) is 0 Å². The molecule has 0 radical (unpaired) electrons. The van der Waals surface area contributed by atoms with Crippen LogP contribution < -0.4 is 10.2 Å². The Morgan fingerprint density at radius 1 is 1.05 bits per heavy atom. The molecule has 2 aromatic carbocycles. The highest BCUT2D eigenvalue weighted by molar-refractivity contribution is 5.94. The summed E-state index contributed by atoms with van der Waals surface area (Å²) in [5, 5.41) is 2.75. The van der Waals surface area contributed by atoms with Gasteiger partial charge in [-0.3, -0.25) is 4.79 Å². The summed E-state index contributed by atoms with van der Waals surface area (Å²) in [7, 11) is 0. The van der Waals surface area contributed by atoms with Gasteiger partial charge in [0, 0.05) is 25.3 Å². The number of carbonyl (C=O) groups excluding carboxylic acids is 1. The first-order chi connectivity index (χ1) is 10.7. The van der Waals surface area contributed by atoms with Crippen molar-refractivity contribution in [3.05, 3.63) is 65.5 Å². The standard InChI is InChI=1S/C18H19FN2O/c19-17-6-2-1-5-16(17)18(22)20-13-14-7-9-15(10-8-14)21-11-3-4-12-21/h1-2,5-10H,3-4,11-13H2,(H,20,22). The molecule has 1 saturated heterocycles. The lowest BCUT2D eigenvalue weighted by Crippen LogP contribution is -2.24. The van der Waals surface area contributed by atoms with E-state index in [1.807, 2.05) is 12.1 Å². The fourth-order valence-corrected chi connectivity index (χ4v) is 2.72. The zero-order valence-corrected chi connectivity index (χ0v) is 12.4. The van der Waals surface area contributed by atoms with Gasteiger partial charge in [0.05, 0.1) is 5.56 Å². The molecule has 0 bridgehead atoms. The van der Waals surface area contributed by atoms with Gasteiger partial charge in [-0.15, -0.1) is 0 Å². The number of hydrogen-bond donors (Lipinski definition) is 1. The molecule has 1 fully saturated rings. The van der Waals surface area contributed by atoms with Crippen LogP contribution in [0.3, 0.4) is 0 Å². The summed E-state index contributed by atoms with van der Waals surface area (Å²) in [6.07, 6.45) is 2.50. The molecule has 1 aliphatic heterocycles. The Labute approximate surface area is 129 Å². The molecule has 0 saturated carbocycles. The van der Waals surface area contributed by atoms with Crippen LogP contribution in [0.15, 0.2) is 48.5 Å². The Hall–Kier alpha value is -2.36. The first-order valence-electron chi connectivity index (χ1n) is 7.60. The second-order valence-electron chi connectivity index (χ2n) is 5.52. The first kappa shape index (κ1) is 14.6. The SMILES string of the molecule is O=C(NCc1ccc(N2CCCC2)cc1)c1ccccc1F. The number of carbonyl (C=O) groups is 1. The average Bonchev–Trinajstić information content (AvgIpc) is 3.08. The monoisotopic (exact) mass is 298 g/mol. The van der Waals surface area contributed by atoms with Crippen LogP contribution in [-0.4, -0.2) is 19.0 Å². The number of benzene rings is 2. The molecule has 1 heterocycles. The summed E-state index contributed by atoms with van der Waals surface area (Å²) in [6, 6.07) is 14.2. The molecule has 0 atom stereocenters. The van der Waals surface area contributed by atoms with Gasteiger partial charge in [-0.05, 0) is 42.7 Å². The van der Waals surface area contributed by atoms with Crippen LogP contribution in [0.1, 0.15) is 28.8 Å². The van der Waals surface area contributed by atoms with Gasteiger partial charge < -0.3 is 10.2 Å². The zero-order valence-electron chi connectivity index (χ0n) is 12.4. The summed E-state index contributed by atoms with van der Waals surface area (Å²) < 4.78 is 13.5. The quantitative estimate of drug-likeness (QED) is 0.938. The minimum atomic E-state index is -0.496. The summed E-state index contributed by atoms with van der Waals surface area (Å²) in [6.45, 7) is 2.63. The normalized spacial score (nSPS) is 14.1. The minimum Gasteiger partial charge on any atom is -0.372 e. The van der Waals surface area contributed by atoms with Crippen molar-refractivity contribution in [3.8, 4) is 0 Å². The van der Waals surface area contributed by atoms with Gasteiger partial charge in [-0.25, -0.2) is 4.39 Å². The van der Waals surface area contributed by atoms with Crippen molar-refractivity contribution in [2.24, 2.45) is 0 Å². The summed E-state index contributed by atoms with van der Waals surface area (Å²) in [4.78, 5) is 14.3. The Kier molecular flexibility index (Phi) is 4.37. The largest absolute Gasteiger partial charge is 0.372 e. The number of nitrogens with zero attached hydrogens (tertiary/aromatic N) is 1. The number of amides is 1. The van der Waals surface area contributed by atoms with Crippen molar-refractivity contribution in [3.63, 3.8) is 0 Å². The predicted octanol–water partition coefficient (Wildman–Crippen LogP) is 3.36. The first-order valence-corrected chi connectivity index (χ1v) is 7.60. The lowest BCUT2D eigenvalue weighted by atomic mass is 10.1. The van der Waals surface area contributed by atoms with Crippen LogP contribution in [0.5, 0.6) is 0 Å². The van der Waals surface area contributed by atoms with Gasteiger partial charge in [0.1, 0.15) is 5.82 Å². The van der Waals surface area contributed by atoms with E-state index in [0.29, 0.717) is 6.54 Å². The molecule has 0 aliphatic carbocycles. The molecule has 1 amide bonds. The maximum atomic E-state index is 13.5. The van der Waals surface area contributed by atoms with Gasteiger partial charge in [0.2, 0.25) is 0 Å². The third-order valence-electron chi connectivity index (χ3n) is 3.98. The van der Waals surface area contributed by atoms with Crippen molar-refractivity contribution in [1.82, 2.24) is 5.32 Å². The topological polar surface area (TPSA) is 32.3 Å². The Morgan fingerprint density at radius 3 is 2.41 bits per heavy atom. The second kappa shape index (κ2) is 6.60. The van der Waals surface area contributed by atoms with Gasteiger partial charge in [0.25, 0.3) is 5.91 Å². The highest BCUT2D eigenvalue weighted by atomic mass is 19.1. The van der Waals surface area contributed by atoms with Crippen molar-refractivity contribution in [2.75, 3.05) is 18.0 Å². The number of hydrogen-bond acceptors (Lipinski definition) is 2. The maximum absolute atomic E-state index is 13.5. The molecule has 1 N–H and O–H groups in total. The Balaban J connectivity index is 1.59. The van der Waals surface area contributed by atoms with Crippen LogP contribution in [0.25, 0.3) is 0 Å². The minimum absolute atomic E-state index is 0.0798. The second-order valence-corrected chi connectivity index (χ2v) is 5.52. The lowest BCUT2D eigenvalue weighted by Gasteiger charge is -2.17. The van der Waals surface area contributed by atoms with Gasteiger partial charge in [-0.1, -0.05) is 24.3 Å². The molecule has 2 aromatic rings. The predicted molar refractivity (Wildman–Crippen MR) is 85.5 cm³/mol. The number of halogens is 1.